The molecule has 1 aliphatic rings. The van der Waals surface area contributed by atoms with Crippen molar-refractivity contribution < 1.29 is 0 Å². The summed E-state index contributed by atoms with van der Waals surface area (Å²) in [6, 6.07) is 15.2. The van der Waals surface area contributed by atoms with Gasteiger partial charge in [0.05, 0.1) is 16.8 Å². The van der Waals surface area contributed by atoms with E-state index in [1.165, 1.54) is 5.56 Å². The highest BCUT2D eigenvalue weighted by atomic mass is 35.5. The third-order valence-electron chi connectivity index (χ3n) is 6.31. The Morgan fingerprint density at radius 1 is 1.07 bits per heavy atom. The molecule has 0 spiro atoms. The number of rotatable bonds is 8. The lowest BCUT2D eigenvalue weighted by Gasteiger charge is -2.42. The summed E-state index contributed by atoms with van der Waals surface area (Å²) in [7, 11) is 2.21. The predicted octanol–water partition coefficient (Wildman–Crippen LogP) is 6.68. The molecular weight excluding hydrogens is 437 g/mol. The summed E-state index contributed by atoms with van der Waals surface area (Å²) in [5, 5.41) is 5.96. The minimum atomic E-state index is 0.233. The number of hydrogen-bond acceptors (Lipinski definition) is 3. The molecule has 2 aromatic carbocycles. The standard InChI is InChI=1S/C24H32Cl3N3/c1-4-21(29(3)5-2)16-28-20-12-13-30(23-11-10-19(26)14-22(23)27)24(15-20)17-6-8-18(25)9-7-17/h6-11,14,20-21,24,28H,4-5,12-13,15-16H2,1-3H3. The summed E-state index contributed by atoms with van der Waals surface area (Å²) in [5.74, 6) is 0. The van der Waals surface area contributed by atoms with Crippen LogP contribution >= 0.6 is 34.8 Å². The predicted molar refractivity (Wildman–Crippen MR) is 131 cm³/mol. The fourth-order valence-electron chi connectivity index (χ4n) is 4.33. The van der Waals surface area contributed by atoms with E-state index in [1.54, 1.807) is 0 Å². The van der Waals surface area contributed by atoms with Crippen LogP contribution in [-0.4, -0.2) is 43.7 Å². The molecule has 3 rings (SSSR count). The summed E-state index contributed by atoms with van der Waals surface area (Å²) >= 11 is 18.9. The van der Waals surface area contributed by atoms with Gasteiger partial charge in [0.15, 0.2) is 0 Å². The van der Waals surface area contributed by atoms with Crippen LogP contribution < -0.4 is 10.2 Å². The molecule has 0 aliphatic carbocycles. The fraction of sp³-hybridized carbons (Fsp3) is 0.500. The molecule has 0 aromatic heterocycles. The van der Waals surface area contributed by atoms with Gasteiger partial charge in [0.1, 0.15) is 0 Å². The number of nitrogens with zero attached hydrogens (tertiary/aromatic N) is 2. The summed E-state index contributed by atoms with van der Waals surface area (Å²) in [5.41, 5.74) is 2.30. The number of halogens is 3. The molecule has 1 fully saturated rings. The molecule has 0 radical (unpaired) electrons. The maximum absolute atomic E-state index is 6.58. The molecule has 2 aromatic rings. The van der Waals surface area contributed by atoms with Crippen molar-refractivity contribution in [2.45, 2.75) is 51.2 Å². The molecule has 0 amide bonds. The van der Waals surface area contributed by atoms with Crippen LogP contribution in [0.3, 0.4) is 0 Å². The maximum atomic E-state index is 6.58. The first-order valence-corrected chi connectivity index (χ1v) is 12.0. The van der Waals surface area contributed by atoms with Crippen LogP contribution in [0, 0.1) is 0 Å². The summed E-state index contributed by atoms with van der Waals surface area (Å²) in [4.78, 5) is 4.84. The number of likely N-dealkylation sites (N-methyl/N-ethyl adjacent to an activating group) is 1. The van der Waals surface area contributed by atoms with Gasteiger partial charge < -0.3 is 15.1 Å². The van der Waals surface area contributed by atoms with Gasteiger partial charge >= 0.3 is 0 Å². The molecule has 0 bridgehead atoms. The largest absolute Gasteiger partial charge is 0.363 e. The smallest absolute Gasteiger partial charge is 0.0654 e. The number of hydrogen-bond donors (Lipinski definition) is 1. The van der Waals surface area contributed by atoms with Crippen LogP contribution in [0.4, 0.5) is 5.69 Å². The number of anilines is 1. The lowest BCUT2D eigenvalue weighted by Crippen LogP contribution is -2.48. The first-order valence-electron chi connectivity index (χ1n) is 10.8. The van der Waals surface area contributed by atoms with Gasteiger partial charge in [-0.3, -0.25) is 0 Å². The van der Waals surface area contributed by atoms with E-state index in [0.717, 1.165) is 49.6 Å². The van der Waals surface area contributed by atoms with Crippen LogP contribution in [-0.2, 0) is 0 Å². The second-order valence-corrected chi connectivity index (χ2v) is 9.40. The van der Waals surface area contributed by atoms with Crippen LogP contribution in [0.15, 0.2) is 42.5 Å². The first kappa shape index (κ1) is 23.7. The fourth-order valence-corrected chi connectivity index (χ4v) is 4.97. The van der Waals surface area contributed by atoms with E-state index < -0.39 is 0 Å². The Morgan fingerprint density at radius 3 is 2.40 bits per heavy atom. The van der Waals surface area contributed by atoms with Gasteiger partial charge in [-0.1, -0.05) is 60.8 Å². The van der Waals surface area contributed by atoms with Crippen molar-refractivity contribution in [1.82, 2.24) is 10.2 Å². The molecule has 1 saturated heterocycles. The number of piperidine rings is 1. The number of nitrogens with one attached hydrogen (secondary N) is 1. The van der Waals surface area contributed by atoms with Gasteiger partial charge in [-0.15, -0.1) is 0 Å². The molecular formula is C24H32Cl3N3. The van der Waals surface area contributed by atoms with Gasteiger partial charge in [0, 0.05) is 35.2 Å². The molecule has 0 saturated carbocycles. The molecule has 3 nitrogen and oxygen atoms in total. The average Bonchev–Trinajstić information content (AvgIpc) is 2.74. The van der Waals surface area contributed by atoms with Crippen LogP contribution in [0.1, 0.15) is 44.7 Å². The second-order valence-electron chi connectivity index (χ2n) is 8.12. The van der Waals surface area contributed by atoms with Gasteiger partial charge in [-0.25, -0.2) is 0 Å². The van der Waals surface area contributed by atoms with Gasteiger partial charge in [0.2, 0.25) is 0 Å². The van der Waals surface area contributed by atoms with Crippen molar-refractivity contribution >= 4 is 40.5 Å². The van der Waals surface area contributed by atoms with E-state index in [0.29, 0.717) is 22.1 Å². The zero-order valence-corrected chi connectivity index (χ0v) is 20.3. The van der Waals surface area contributed by atoms with E-state index in [-0.39, 0.29) is 6.04 Å². The Labute approximate surface area is 196 Å². The zero-order valence-electron chi connectivity index (χ0n) is 18.0. The van der Waals surface area contributed by atoms with Gasteiger partial charge in [-0.05, 0) is 68.8 Å². The lowest BCUT2D eigenvalue weighted by molar-refractivity contribution is 0.226. The Balaban J connectivity index is 1.80. The molecule has 164 valence electrons. The van der Waals surface area contributed by atoms with Crippen molar-refractivity contribution in [3.63, 3.8) is 0 Å². The van der Waals surface area contributed by atoms with Crippen molar-refractivity contribution in [2.75, 3.05) is 31.6 Å². The molecule has 3 atom stereocenters. The summed E-state index contributed by atoms with van der Waals surface area (Å²) in [6.07, 6.45) is 3.25. The minimum Gasteiger partial charge on any atom is -0.363 e. The SMILES string of the molecule is CCC(CNC1CCN(c2ccc(Cl)cc2Cl)C(c2ccc(Cl)cc2)C1)N(C)CC. The van der Waals surface area contributed by atoms with Gasteiger partial charge in [-0.2, -0.15) is 0 Å². The van der Waals surface area contributed by atoms with Crippen molar-refractivity contribution in [1.29, 1.82) is 0 Å². The average molecular weight is 469 g/mol. The highest BCUT2D eigenvalue weighted by molar-refractivity contribution is 6.36. The van der Waals surface area contributed by atoms with Crippen LogP contribution in [0.5, 0.6) is 0 Å². The quantitative estimate of drug-likeness (QED) is 0.466. The molecule has 30 heavy (non-hydrogen) atoms. The molecule has 6 heteroatoms. The minimum absolute atomic E-state index is 0.233. The normalized spacial score (nSPS) is 20.6. The van der Waals surface area contributed by atoms with E-state index in [9.17, 15) is 0 Å². The van der Waals surface area contributed by atoms with Crippen molar-refractivity contribution in [3.05, 3.63) is 63.1 Å². The topological polar surface area (TPSA) is 18.5 Å². The van der Waals surface area contributed by atoms with Gasteiger partial charge in [0.25, 0.3) is 0 Å². The number of benzene rings is 2. The molecule has 3 unspecified atom stereocenters. The van der Waals surface area contributed by atoms with E-state index >= 15 is 0 Å². The Kier molecular flexibility index (Phi) is 8.73. The van der Waals surface area contributed by atoms with E-state index in [4.69, 9.17) is 34.8 Å². The molecule has 1 N–H and O–H groups in total. The van der Waals surface area contributed by atoms with Crippen molar-refractivity contribution in [3.8, 4) is 0 Å². The third kappa shape index (κ3) is 5.83. The lowest BCUT2D eigenvalue weighted by atomic mass is 9.91. The van der Waals surface area contributed by atoms with E-state index in [1.807, 2.05) is 30.3 Å². The van der Waals surface area contributed by atoms with Crippen LogP contribution in [0.25, 0.3) is 0 Å². The van der Waals surface area contributed by atoms with Crippen molar-refractivity contribution in [2.24, 2.45) is 0 Å². The van der Waals surface area contributed by atoms with E-state index in [2.05, 4.69) is 48.1 Å². The summed E-state index contributed by atoms with van der Waals surface area (Å²) < 4.78 is 0. The Hall–Kier alpha value is -0.970. The third-order valence-corrected chi connectivity index (χ3v) is 7.10. The highest BCUT2D eigenvalue weighted by Gasteiger charge is 2.31. The molecule has 1 heterocycles. The summed E-state index contributed by atoms with van der Waals surface area (Å²) in [6.45, 7) is 7.50. The first-order chi connectivity index (χ1) is 14.4. The Morgan fingerprint density at radius 2 is 1.77 bits per heavy atom. The molecule has 1 aliphatic heterocycles. The monoisotopic (exact) mass is 467 g/mol. The Bertz CT molecular complexity index is 812. The zero-order chi connectivity index (χ0) is 21.7. The highest BCUT2D eigenvalue weighted by Crippen LogP contribution is 2.39. The maximum Gasteiger partial charge on any atom is 0.0654 e. The second kappa shape index (κ2) is 11.1. The van der Waals surface area contributed by atoms with Crippen LogP contribution in [0.2, 0.25) is 15.1 Å².